The molecule has 2 N–H and O–H groups in total. The van der Waals surface area contributed by atoms with Crippen molar-refractivity contribution in [3.63, 3.8) is 0 Å². The highest BCUT2D eigenvalue weighted by Gasteiger charge is 2.25. The van der Waals surface area contributed by atoms with Crippen LogP contribution in [0, 0.1) is 13.8 Å². The van der Waals surface area contributed by atoms with E-state index in [1.807, 2.05) is 45.0 Å². The van der Waals surface area contributed by atoms with Gasteiger partial charge in [-0.05, 0) is 37.5 Å². The van der Waals surface area contributed by atoms with E-state index in [-0.39, 0.29) is 24.4 Å². The van der Waals surface area contributed by atoms with Gasteiger partial charge in [-0.25, -0.2) is 0 Å². The number of para-hydroxylation sites is 1. The lowest BCUT2D eigenvalue weighted by atomic mass is 10.1. The molecule has 0 bridgehead atoms. The molecule has 6 heteroatoms. The Hall–Kier alpha value is -2.70. The van der Waals surface area contributed by atoms with Crippen molar-refractivity contribution < 1.29 is 9.59 Å². The van der Waals surface area contributed by atoms with Gasteiger partial charge in [-0.3, -0.25) is 19.4 Å². The highest BCUT2D eigenvalue weighted by Crippen LogP contribution is 2.19. The molecule has 6 nitrogen and oxygen atoms in total. The quantitative estimate of drug-likeness (QED) is 0.739. The van der Waals surface area contributed by atoms with Crippen molar-refractivity contribution >= 4 is 17.5 Å². The number of amides is 2. The van der Waals surface area contributed by atoms with Crippen molar-refractivity contribution in [2.24, 2.45) is 0 Å². The van der Waals surface area contributed by atoms with Crippen LogP contribution in [0.4, 0.5) is 5.69 Å². The molecule has 160 valence electrons. The molecule has 30 heavy (non-hydrogen) atoms. The van der Waals surface area contributed by atoms with Crippen LogP contribution in [0.3, 0.4) is 0 Å². The van der Waals surface area contributed by atoms with Gasteiger partial charge < -0.3 is 10.6 Å². The van der Waals surface area contributed by atoms with Crippen LogP contribution in [0.1, 0.15) is 23.6 Å². The number of aryl methyl sites for hydroxylation is 2. The first-order chi connectivity index (χ1) is 14.4. The van der Waals surface area contributed by atoms with Crippen molar-refractivity contribution in [3.8, 4) is 0 Å². The zero-order valence-electron chi connectivity index (χ0n) is 18.1. The van der Waals surface area contributed by atoms with Gasteiger partial charge in [0.05, 0.1) is 12.6 Å². The van der Waals surface area contributed by atoms with Crippen LogP contribution in [0.2, 0.25) is 0 Å². The van der Waals surface area contributed by atoms with Gasteiger partial charge in [-0.1, -0.05) is 48.5 Å². The lowest BCUT2D eigenvalue weighted by Gasteiger charge is -2.37. The molecule has 0 aromatic heterocycles. The molecule has 0 radical (unpaired) electrons. The lowest BCUT2D eigenvalue weighted by Crippen LogP contribution is -2.54. The van der Waals surface area contributed by atoms with Gasteiger partial charge >= 0.3 is 0 Å². The van der Waals surface area contributed by atoms with E-state index in [0.29, 0.717) is 0 Å². The second kappa shape index (κ2) is 10.4. The first-order valence-corrected chi connectivity index (χ1v) is 10.6. The molecule has 2 aromatic rings. The minimum atomic E-state index is -0.253. The fraction of sp³-hybridized carbons (Fsp3) is 0.417. The summed E-state index contributed by atoms with van der Waals surface area (Å²) in [4.78, 5) is 29.4. The first-order valence-electron chi connectivity index (χ1n) is 10.6. The van der Waals surface area contributed by atoms with E-state index < -0.39 is 0 Å². The molecule has 1 aliphatic heterocycles. The van der Waals surface area contributed by atoms with Crippen LogP contribution < -0.4 is 10.6 Å². The van der Waals surface area contributed by atoms with Crippen LogP contribution in [-0.2, 0) is 16.1 Å². The molecule has 2 aromatic carbocycles. The van der Waals surface area contributed by atoms with Gasteiger partial charge in [-0.2, -0.15) is 0 Å². The predicted molar refractivity (Wildman–Crippen MR) is 120 cm³/mol. The summed E-state index contributed by atoms with van der Waals surface area (Å²) >= 11 is 0. The average Bonchev–Trinajstić information content (AvgIpc) is 2.75. The Morgan fingerprint density at radius 2 is 1.57 bits per heavy atom. The summed E-state index contributed by atoms with van der Waals surface area (Å²) in [6.07, 6.45) is 0. The Labute approximate surface area is 179 Å². The standard InChI is InChI=1S/C24H32N4O2/c1-18-8-7-9-19(2)23(18)26-22(29)16-25-24(30)20(3)28-14-12-27(13-15-28)17-21-10-5-4-6-11-21/h4-11,20H,12-17H2,1-3H3,(H,25,30)(H,26,29). The molecule has 3 rings (SSSR count). The molecule has 1 aliphatic rings. The minimum absolute atomic E-state index is 0.0229. The van der Waals surface area contributed by atoms with Crippen LogP contribution in [0.5, 0.6) is 0 Å². The number of nitrogens with one attached hydrogen (secondary N) is 2. The average molecular weight is 409 g/mol. The second-order valence-corrected chi connectivity index (χ2v) is 8.01. The van der Waals surface area contributed by atoms with E-state index in [1.54, 1.807) is 0 Å². The minimum Gasteiger partial charge on any atom is -0.346 e. The molecule has 0 saturated carbocycles. The summed E-state index contributed by atoms with van der Waals surface area (Å²) in [6.45, 7) is 10.3. The fourth-order valence-electron chi connectivity index (χ4n) is 3.83. The number of benzene rings is 2. The normalized spacial score (nSPS) is 16.1. The van der Waals surface area contributed by atoms with E-state index in [9.17, 15) is 9.59 Å². The Morgan fingerprint density at radius 1 is 0.933 bits per heavy atom. The maximum atomic E-state index is 12.6. The van der Waals surface area contributed by atoms with Crippen molar-refractivity contribution in [1.29, 1.82) is 0 Å². The highest BCUT2D eigenvalue weighted by molar-refractivity contribution is 5.96. The lowest BCUT2D eigenvalue weighted by molar-refractivity contribution is -0.128. The summed E-state index contributed by atoms with van der Waals surface area (Å²) < 4.78 is 0. The van der Waals surface area contributed by atoms with Crippen molar-refractivity contribution in [1.82, 2.24) is 15.1 Å². The van der Waals surface area contributed by atoms with E-state index in [4.69, 9.17) is 0 Å². The number of carbonyl (C=O) groups excluding carboxylic acids is 2. The third-order valence-electron chi connectivity index (χ3n) is 5.75. The second-order valence-electron chi connectivity index (χ2n) is 8.01. The number of anilines is 1. The molecule has 1 saturated heterocycles. The number of hydrogen-bond acceptors (Lipinski definition) is 4. The predicted octanol–water partition coefficient (Wildman–Crippen LogP) is 2.56. The van der Waals surface area contributed by atoms with Crippen LogP contribution in [-0.4, -0.2) is 60.4 Å². The Kier molecular flexibility index (Phi) is 7.60. The summed E-state index contributed by atoms with van der Waals surface area (Å²) in [5, 5.41) is 5.69. The van der Waals surface area contributed by atoms with Gasteiger partial charge in [0.2, 0.25) is 11.8 Å². The Bertz CT molecular complexity index is 841. The summed E-state index contributed by atoms with van der Waals surface area (Å²) in [6, 6.07) is 16.1. The number of hydrogen-bond donors (Lipinski definition) is 2. The van der Waals surface area contributed by atoms with Gasteiger partial charge in [0.15, 0.2) is 0 Å². The highest BCUT2D eigenvalue weighted by atomic mass is 16.2. The summed E-state index contributed by atoms with van der Waals surface area (Å²) in [5.41, 5.74) is 4.15. The smallest absolute Gasteiger partial charge is 0.243 e. The number of nitrogens with zero attached hydrogens (tertiary/aromatic N) is 2. The molecule has 2 amide bonds. The van der Waals surface area contributed by atoms with Gasteiger partial charge in [0.1, 0.15) is 0 Å². The molecular weight excluding hydrogens is 376 g/mol. The van der Waals surface area contributed by atoms with Crippen molar-refractivity contribution in [3.05, 3.63) is 65.2 Å². The molecule has 1 unspecified atom stereocenters. The topological polar surface area (TPSA) is 64.7 Å². The SMILES string of the molecule is Cc1cccc(C)c1NC(=O)CNC(=O)C(C)N1CCN(Cc2ccccc2)CC1. The van der Waals surface area contributed by atoms with Crippen molar-refractivity contribution in [2.75, 3.05) is 38.0 Å². The first kappa shape index (κ1) is 22.0. The number of piperazine rings is 1. The number of rotatable bonds is 7. The van der Waals surface area contributed by atoms with E-state index in [1.165, 1.54) is 5.56 Å². The molecule has 1 heterocycles. The third kappa shape index (κ3) is 5.90. The van der Waals surface area contributed by atoms with Crippen LogP contribution >= 0.6 is 0 Å². The van der Waals surface area contributed by atoms with E-state index >= 15 is 0 Å². The third-order valence-corrected chi connectivity index (χ3v) is 5.75. The maximum absolute atomic E-state index is 12.6. The maximum Gasteiger partial charge on any atom is 0.243 e. The molecule has 0 aliphatic carbocycles. The van der Waals surface area contributed by atoms with E-state index in [0.717, 1.165) is 49.5 Å². The Balaban J connectivity index is 1.42. The fourth-order valence-corrected chi connectivity index (χ4v) is 3.83. The van der Waals surface area contributed by atoms with Crippen LogP contribution in [0.15, 0.2) is 48.5 Å². The van der Waals surface area contributed by atoms with Gasteiger partial charge in [0.25, 0.3) is 0 Å². The largest absolute Gasteiger partial charge is 0.346 e. The molecule has 1 atom stereocenters. The number of carbonyl (C=O) groups is 2. The molecule has 0 spiro atoms. The zero-order chi connectivity index (χ0) is 21.5. The Morgan fingerprint density at radius 3 is 2.20 bits per heavy atom. The van der Waals surface area contributed by atoms with E-state index in [2.05, 4.69) is 44.7 Å². The van der Waals surface area contributed by atoms with Gasteiger partial charge in [-0.15, -0.1) is 0 Å². The zero-order valence-corrected chi connectivity index (χ0v) is 18.1. The molecular formula is C24H32N4O2. The molecule has 1 fully saturated rings. The van der Waals surface area contributed by atoms with Gasteiger partial charge in [0, 0.05) is 38.4 Å². The van der Waals surface area contributed by atoms with Crippen molar-refractivity contribution in [2.45, 2.75) is 33.4 Å². The summed E-state index contributed by atoms with van der Waals surface area (Å²) in [7, 11) is 0. The summed E-state index contributed by atoms with van der Waals surface area (Å²) in [5.74, 6) is -0.316. The van der Waals surface area contributed by atoms with Crippen LogP contribution in [0.25, 0.3) is 0 Å². The monoisotopic (exact) mass is 408 g/mol.